The fourth-order valence-electron chi connectivity index (χ4n) is 1.01. The Morgan fingerprint density at radius 2 is 2.15 bits per heavy atom. The molecule has 0 unspecified atom stereocenters. The van der Waals surface area contributed by atoms with Crippen LogP contribution >= 0.6 is 27.5 Å². The smallest absolute Gasteiger partial charge is 0.166 e. The molecular formula is C9H5BrClNO. The van der Waals surface area contributed by atoms with Gasteiger partial charge in [0.2, 0.25) is 0 Å². The van der Waals surface area contributed by atoms with Crippen molar-refractivity contribution in [2.75, 3.05) is 0 Å². The van der Waals surface area contributed by atoms with Crippen LogP contribution in [0.3, 0.4) is 0 Å². The summed E-state index contributed by atoms with van der Waals surface area (Å²) >= 11 is 9.10. The summed E-state index contributed by atoms with van der Waals surface area (Å²) in [6, 6.07) is 7.22. The molecule has 2 rings (SSSR count). The molecule has 2 heterocycles. The lowest BCUT2D eigenvalue weighted by Crippen LogP contribution is -1.81. The molecule has 4 heteroatoms. The maximum atomic E-state index is 5.75. The zero-order valence-electron chi connectivity index (χ0n) is 6.50. The van der Waals surface area contributed by atoms with Crippen molar-refractivity contribution in [1.82, 2.24) is 4.98 Å². The largest absolute Gasteiger partial charge is 0.461 e. The first-order valence-electron chi connectivity index (χ1n) is 3.63. The van der Waals surface area contributed by atoms with Crippen LogP contribution in [-0.2, 0) is 0 Å². The molecule has 0 aliphatic heterocycles. The SMILES string of the molecule is Clc1cccc(-c2occc2Br)n1. The van der Waals surface area contributed by atoms with Gasteiger partial charge in [0.25, 0.3) is 0 Å². The summed E-state index contributed by atoms with van der Waals surface area (Å²) in [5.74, 6) is 0.697. The molecular weight excluding hydrogens is 253 g/mol. The Morgan fingerprint density at radius 1 is 1.31 bits per heavy atom. The fourth-order valence-corrected chi connectivity index (χ4v) is 1.58. The van der Waals surface area contributed by atoms with Crippen molar-refractivity contribution in [1.29, 1.82) is 0 Å². The molecule has 2 aromatic rings. The summed E-state index contributed by atoms with van der Waals surface area (Å²) in [7, 11) is 0. The third-order valence-electron chi connectivity index (χ3n) is 1.56. The minimum absolute atomic E-state index is 0.459. The molecule has 0 saturated carbocycles. The normalized spacial score (nSPS) is 10.3. The van der Waals surface area contributed by atoms with Gasteiger partial charge in [-0.3, -0.25) is 0 Å². The lowest BCUT2D eigenvalue weighted by Gasteiger charge is -1.96. The fraction of sp³-hybridized carbons (Fsp3) is 0. The quantitative estimate of drug-likeness (QED) is 0.728. The van der Waals surface area contributed by atoms with E-state index in [1.54, 1.807) is 12.3 Å². The van der Waals surface area contributed by atoms with Crippen molar-refractivity contribution in [3.63, 3.8) is 0 Å². The van der Waals surface area contributed by atoms with Gasteiger partial charge < -0.3 is 4.42 Å². The van der Waals surface area contributed by atoms with Crippen molar-refractivity contribution in [3.05, 3.63) is 40.2 Å². The summed E-state index contributed by atoms with van der Waals surface area (Å²) < 4.78 is 6.11. The average molecular weight is 259 g/mol. The van der Waals surface area contributed by atoms with Crippen molar-refractivity contribution in [2.45, 2.75) is 0 Å². The Hall–Kier alpha value is -0.800. The summed E-state index contributed by atoms with van der Waals surface area (Å²) in [5.41, 5.74) is 0.726. The van der Waals surface area contributed by atoms with Gasteiger partial charge in [-0.1, -0.05) is 17.7 Å². The van der Waals surface area contributed by atoms with E-state index in [4.69, 9.17) is 16.0 Å². The molecule has 0 N–H and O–H groups in total. The lowest BCUT2D eigenvalue weighted by molar-refractivity contribution is 0.579. The molecule has 0 aliphatic carbocycles. The maximum absolute atomic E-state index is 5.75. The molecule has 2 aromatic heterocycles. The van der Waals surface area contributed by atoms with E-state index in [1.165, 1.54) is 0 Å². The van der Waals surface area contributed by atoms with Crippen molar-refractivity contribution in [3.8, 4) is 11.5 Å². The van der Waals surface area contributed by atoms with Crippen LogP contribution in [0.4, 0.5) is 0 Å². The predicted molar refractivity (Wildman–Crippen MR) is 54.6 cm³/mol. The summed E-state index contributed by atoms with van der Waals surface area (Å²) in [5, 5.41) is 0.459. The number of nitrogens with zero attached hydrogens (tertiary/aromatic N) is 1. The van der Waals surface area contributed by atoms with E-state index < -0.39 is 0 Å². The van der Waals surface area contributed by atoms with Crippen LogP contribution in [0.2, 0.25) is 5.15 Å². The van der Waals surface area contributed by atoms with E-state index >= 15 is 0 Å². The first-order chi connectivity index (χ1) is 6.27. The van der Waals surface area contributed by atoms with E-state index in [1.807, 2.05) is 18.2 Å². The van der Waals surface area contributed by atoms with Crippen LogP contribution in [0, 0.1) is 0 Å². The van der Waals surface area contributed by atoms with Crippen molar-refractivity contribution in [2.24, 2.45) is 0 Å². The van der Waals surface area contributed by atoms with E-state index in [9.17, 15) is 0 Å². The number of aromatic nitrogens is 1. The molecule has 0 aliphatic rings. The van der Waals surface area contributed by atoms with Gasteiger partial charge in [-0.25, -0.2) is 4.98 Å². The van der Waals surface area contributed by atoms with Gasteiger partial charge in [0.15, 0.2) is 5.76 Å². The molecule has 0 aromatic carbocycles. The Morgan fingerprint density at radius 3 is 2.77 bits per heavy atom. The lowest BCUT2D eigenvalue weighted by atomic mass is 10.3. The highest BCUT2D eigenvalue weighted by molar-refractivity contribution is 9.10. The van der Waals surface area contributed by atoms with Crippen molar-refractivity contribution < 1.29 is 4.42 Å². The second kappa shape index (κ2) is 3.52. The number of hydrogen-bond donors (Lipinski definition) is 0. The monoisotopic (exact) mass is 257 g/mol. The summed E-state index contributed by atoms with van der Waals surface area (Å²) in [6.45, 7) is 0. The van der Waals surface area contributed by atoms with Gasteiger partial charge in [0.05, 0.1) is 10.7 Å². The molecule has 0 atom stereocenters. The van der Waals surface area contributed by atoms with Crippen LogP contribution < -0.4 is 0 Å². The van der Waals surface area contributed by atoms with E-state index in [-0.39, 0.29) is 0 Å². The van der Waals surface area contributed by atoms with Gasteiger partial charge in [0.1, 0.15) is 10.8 Å². The molecule has 13 heavy (non-hydrogen) atoms. The molecule has 0 spiro atoms. The first-order valence-corrected chi connectivity index (χ1v) is 4.80. The predicted octanol–water partition coefficient (Wildman–Crippen LogP) is 3.76. The third kappa shape index (κ3) is 1.76. The second-order valence-corrected chi connectivity index (χ2v) is 3.68. The Kier molecular flexibility index (Phi) is 2.38. The van der Waals surface area contributed by atoms with Gasteiger partial charge in [0, 0.05) is 0 Å². The molecule has 0 bridgehead atoms. The highest BCUT2D eigenvalue weighted by Gasteiger charge is 2.07. The summed E-state index contributed by atoms with van der Waals surface area (Å²) in [4.78, 5) is 4.12. The Bertz CT molecular complexity index is 427. The second-order valence-electron chi connectivity index (χ2n) is 2.44. The van der Waals surface area contributed by atoms with Crippen LogP contribution in [0.5, 0.6) is 0 Å². The Labute approximate surface area is 88.7 Å². The number of rotatable bonds is 1. The zero-order chi connectivity index (χ0) is 9.26. The number of halogens is 2. The van der Waals surface area contributed by atoms with E-state index in [0.29, 0.717) is 10.9 Å². The minimum atomic E-state index is 0.459. The number of pyridine rings is 1. The molecule has 0 amide bonds. The molecule has 0 radical (unpaired) electrons. The number of furan rings is 1. The van der Waals surface area contributed by atoms with Crippen LogP contribution in [0.25, 0.3) is 11.5 Å². The first kappa shape index (κ1) is 8.78. The Balaban J connectivity index is 2.53. The van der Waals surface area contributed by atoms with E-state index in [0.717, 1.165) is 10.2 Å². The molecule has 66 valence electrons. The van der Waals surface area contributed by atoms with Gasteiger partial charge >= 0.3 is 0 Å². The highest BCUT2D eigenvalue weighted by atomic mass is 79.9. The van der Waals surface area contributed by atoms with Crippen LogP contribution in [0.15, 0.2) is 39.4 Å². The zero-order valence-corrected chi connectivity index (χ0v) is 8.84. The van der Waals surface area contributed by atoms with Crippen LogP contribution in [0.1, 0.15) is 0 Å². The number of hydrogen-bond acceptors (Lipinski definition) is 2. The molecule has 0 saturated heterocycles. The topological polar surface area (TPSA) is 26.0 Å². The van der Waals surface area contributed by atoms with Gasteiger partial charge in [-0.15, -0.1) is 0 Å². The van der Waals surface area contributed by atoms with Crippen molar-refractivity contribution >= 4 is 27.5 Å². The maximum Gasteiger partial charge on any atom is 0.166 e. The molecule has 0 fully saturated rings. The highest BCUT2D eigenvalue weighted by Crippen LogP contribution is 2.28. The van der Waals surface area contributed by atoms with Gasteiger partial charge in [-0.05, 0) is 34.1 Å². The third-order valence-corrected chi connectivity index (χ3v) is 2.40. The average Bonchev–Trinajstić information content (AvgIpc) is 2.51. The van der Waals surface area contributed by atoms with Gasteiger partial charge in [-0.2, -0.15) is 0 Å². The minimum Gasteiger partial charge on any atom is -0.461 e. The molecule has 2 nitrogen and oxygen atoms in total. The summed E-state index contributed by atoms with van der Waals surface area (Å²) in [6.07, 6.45) is 1.60. The standard InChI is InChI=1S/C9H5BrClNO/c10-6-4-5-13-9(6)7-2-1-3-8(11)12-7/h1-5H. The van der Waals surface area contributed by atoms with Crippen LogP contribution in [-0.4, -0.2) is 4.98 Å². The van der Waals surface area contributed by atoms with E-state index in [2.05, 4.69) is 20.9 Å².